The number of hydrogen-bond donors (Lipinski definition) is 2. The molecular formula is C21H26N4O4S. The fourth-order valence-corrected chi connectivity index (χ4v) is 4.73. The van der Waals surface area contributed by atoms with Crippen molar-refractivity contribution in [3.8, 4) is 11.4 Å². The lowest BCUT2D eigenvalue weighted by Gasteiger charge is -2.25. The molecule has 0 saturated heterocycles. The van der Waals surface area contributed by atoms with E-state index in [4.69, 9.17) is 0 Å². The number of aryl methyl sites for hydroxylation is 1. The predicted molar refractivity (Wildman–Crippen MR) is 113 cm³/mol. The van der Waals surface area contributed by atoms with Crippen LogP contribution in [0.5, 0.6) is 0 Å². The Morgan fingerprint density at radius 2 is 1.83 bits per heavy atom. The Morgan fingerprint density at radius 3 is 2.43 bits per heavy atom. The molecule has 30 heavy (non-hydrogen) atoms. The number of rotatable bonds is 8. The van der Waals surface area contributed by atoms with Crippen LogP contribution in [0.15, 0.2) is 41.4 Å². The molecule has 0 aliphatic carbocycles. The molecule has 3 rings (SSSR count). The van der Waals surface area contributed by atoms with E-state index in [0.29, 0.717) is 12.2 Å². The second-order valence-electron chi connectivity index (χ2n) is 7.79. The first kappa shape index (κ1) is 21.9. The highest BCUT2D eigenvalue weighted by Crippen LogP contribution is 2.25. The number of pyridine rings is 1. The van der Waals surface area contributed by atoms with Gasteiger partial charge in [0.2, 0.25) is 10.0 Å². The highest BCUT2D eigenvalue weighted by atomic mass is 32.2. The summed E-state index contributed by atoms with van der Waals surface area (Å²) in [7, 11) is -2.61. The van der Waals surface area contributed by atoms with Gasteiger partial charge in [0.25, 0.3) is 0 Å². The summed E-state index contributed by atoms with van der Waals surface area (Å²) >= 11 is 0. The largest absolute Gasteiger partial charge is 0.480 e. The Hall–Kier alpha value is -2.78. The highest BCUT2D eigenvalue weighted by Gasteiger charge is 2.33. The Labute approximate surface area is 176 Å². The summed E-state index contributed by atoms with van der Waals surface area (Å²) in [6.07, 6.45) is 2.58. The van der Waals surface area contributed by atoms with Gasteiger partial charge in [0.1, 0.15) is 17.6 Å². The standard InChI is InChI=1S/C21H26N4O4S/c1-13(2)11-19(21(26)27)25(4)30(28,29)16-7-5-15(6-8-16)12-18-20-17(9-10-22-18)23-14(3)24-20/h5-10,13,19,22H,11-12H2,1-4H3,(H,26,27)/t19-/m0/s1. The number of likely N-dealkylation sites (N-methyl/N-ethyl adjacent to an activating group) is 1. The molecule has 2 aliphatic heterocycles. The average molecular weight is 431 g/mol. The van der Waals surface area contributed by atoms with Gasteiger partial charge in [-0.2, -0.15) is 4.31 Å². The van der Waals surface area contributed by atoms with E-state index in [2.05, 4.69) is 15.0 Å². The minimum absolute atomic E-state index is 0.0491. The number of hydrogen-bond acceptors (Lipinski definition) is 5. The average Bonchev–Trinajstić information content (AvgIpc) is 3.07. The Bertz CT molecular complexity index is 1110. The van der Waals surface area contributed by atoms with Gasteiger partial charge in [-0.05, 0) is 43.0 Å². The van der Waals surface area contributed by atoms with Crippen molar-refractivity contribution in [3.63, 3.8) is 0 Å². The number of fused-ring (bicyclic) bond motifs is 1. The van der Waals surface area contributed by atoms with E-state index in [1.165, 1.54) is 19.2 Å². The fourth-order valence-electron chi connectivity index (χ4n) is 3.40. The van der Waals surface area contributed by atoms with E-state index in [1.807, 2.05) is 26.8 Å². The maximum atomic E-state index is 12.9. The van der Waals surface area contributed by atoms with Gasteiger partial charge in [0, 0.05) is 25.4 Å². The fraction of sp³-hybridized carbons (Fsp3) is 0.381. The van der Waals surface area contributed by atoms with E-state index in [-0.39, 0.29) is 17.2 Å². The number of imidazole rings is 1. The molecule has 1 atom stereocenters. The molecule has 2 aliphatic rings. The molecule has 8 nitrogen and oxygen atoms in total. The molecule has 0 amide bonds. The lowest BCUT2D eigenvalue weighted by Crippen LogP contribution is -2.43. The van der Waals surface area contributed by atoms with Gasteiger partial charge in [-0.25, -0.2) is 18.4 Å². The molecular weight excluding hydrogens is 404 g/mol. The zero-order valence-corrected chi connectivity index (χ0v) is 18.3. The number of carboxylic acids is 1. The van der Waals surface area contributed by atoms with Crippen molar-refractivity contribution in [1.82, 2.24) is 19.3 Å². The summed E-state index contributed by atoms with van der Waals surface area (Å²) in [5.74, 6) is -0.404. The van der Waals surface area contributed by atoms with Crippen LogP contribution in [-0.4, -0.2) is 51.8 Å². The second-order valence-corrected chi connectivity index (χ2v) is 9.78. The minimum atomic E-state index is -3.93. The van der Waals surface area contributed by atoms with Crippen molar-refractivity contribution in [3.05, 3.63) is 53.6 Å². The number of carbonyl (C=O) groups is 1. The number of H-pyrrole nitrogens is 1. The van der Waals surface area contributed by atoms with E-state index in [9.17, 15) is 18.3 Å². The van der Waals surface area contributed by atoms with Crippen LogP contribution in [0, 0.1) is 12.8 Å². The van der Waals surface area contributed by atoms with Gasteiger partial charge in [-0.15, -0.1) is 0 Å². The SMILES string of the molecule is Cc1nc2cc[nH]c(Cc3ccc(S(=O)(=O)N(C)[C@@H](CC(C)C)C(=O)O)cc3)c-2n1. The first-order valence-electron chi connectivity index (χ1n) is 9.70. The molecule has 1 aromatic carbocycles. The number of nitrogens with zero attached hydrogens (tertiary/aromatic N) is 3. The van der Waals surface area contributed by atoms with Crippen LogP contribution in [0.25, 0.3) is 11.4 Å². The number of sulfonamides is 1. The molecule has 0 aromatic heterocycles. The van der Waals surface area contributed by atoms with Crippen molar-refractivity contribution in [2.24, 2.45) is 5.92 Å². The van der Waals surface area contributed by atoms with Crippen molar-refractivity contribution < 1.29 is 18.3 Å². The number of aliphatic carboxylic acids is 1. The monoisotopic (exact) mass is 430 g/mol. The van der Waals surface area contributed by atoms with Crippen LogP contribution in [0.2, 0.25) is 0 Å². The van der Waals surface area contributed by atoms with E-state index in [0.717, 1.165) is 27.0 Å². The number of aromatic nitrogens is 3. The Morgan fingerprint density at radius 1 is 1.17 bits per heavy atom. The summed E-state index contributed by atoms with van der Waals surface area (Å²) in [5.41, 5.74) is 3.40. The van der Waals surface area contributed by atoms with Gasteiger partial charge < -0.3 is 10.1 Å². The van der Waals surface area contributed by atoms with Crippen LogP contribution in [-0.2, 0) is 21.2 Å². The predicted octanol–water partition coefficient (Wildman–Crippen LogP) is 2.93. The number of benzene rings is 1. The molecule has 2 heterocycles. The molecule has 0 bridgehead atoms. The van der Waals surface area contributed by atoms with Gasteiger partial charge in [0.15, 0.2) is 0 Å². The third kappa shape index (κ3) is 4.52. The smallest absolute Gasteiger partial charge is 0.322 e. The zero-order chi connectivity index (χ0) is 22.1. The summed E-state index contributed by atoms with van der Waals surface area (Å²) in [6, 6.07) is 7.24. The third-order valence-corrected chi connectivity index (χ3v) is 6.86. The molecule has 2 N–H and O–H groups in total. The first-order valence-corrected chi connectivity index (χ1v) is 11.1. The molecule has 0 saturated carbocycles. The van der Waals surface area contributed by atoms with Crippen LogP contribution < -0.4 is 0 Å². The summed E-state index contributed by atoms with van der Waals surface area (Å²) in [4.78, 5) is 23.7. The molecule has 0 radical (unpaired) electrons. The maximum absolute atomic E-state index is 12.9. The molecule has 0 fully saturated rings. The lowest BCUT2D eigenvalue weighted by molar-refractivity contribution is -0.141. The van der Waals surface area contributed by atoms with E-state index < -0.39 is 22.0 Å². The number of carboxylic acid groups (broad SMARTS) is 1. The second kappa shape index (κ2) is 8.53. The minimum Gasteiger partial charge on any atom is -0.480 e. The zero-order valence-electron chi connectivity index (χ0n) is 17.5. The van der Waals surface area contributed by atoms with Crippen molar-refractivity contribution in [2.75, 3.05) is 7.05 Å². The summed E-state index contributed by atoms with van der Waals surface area (Å²) in [6.45, 7) is 5.56. The van der Waals surface area contributed by atoms with E-state index >= 15 is 0 Å². The quantitative estimate of drug-likeness (QED) is 0.568. The topological polar surface area (TPSA) is 116 Å². The van der Waals surface area contributed by atoms with Gasteiger partial charge in [-0.3, -0.25) is 4.79 Å². The van der Waals surface area contributed by atoms with Gasteiger partial charge in [0.05, 0.1) is 10.6 Å². The molecule has 9 heteroatoms. The molecule has 160 valence electrons. The van der Waals surface area contributed by atoms with Crippen LogP contribution in [0.4, 0.5) is 0 Å². The van der Waals surface area contributed by atoms with Crippen molar-refractivity contribution in [2.45, 2.75) is 44.6 Å². The Kier molecular flexibility index (Phi) is 6.23. The number of nitrogens with one attached hydrogen (secondary N) is 1. The molecule has 0 unspecified atom stereocenters. The number of aromatic amines is 1. The summed E-state index contributed by atoms with van der Waals surface area (Å²) in [5, 5.41) is 9.48. The van der Waals surface area contributed by atoms with Gasteiger partial charge >= 0.3 is 5.97 Å². The normalized spacial score (nSPS) is 13.3. The lowest BCUT2D eigenvalue weighted by atomic mass is 10.0. The molecule has 1 aromatic rings. The first-order chi connectivity index (χ1) is 14.1. The van der Waals surface area contributed by atoms with Crippen LogP contribution >= 0.6 is 0 Å². The Balaban J connectivity index is 1.83. The summed E-state index contributed by atoms with van der Waals surface area (Å²) < 4.78 is 26.8. The maximum Gasteiger partial charge on any atom is 0.322 e. The van der Waals surface area contributed by atoms with E-state index in [1.54, 1.807) is 18.3 Å². The van der Waals surface area contributed by atoms with Crippen molar-refractivity contribution >= 4 is 16.0 Å². The van der Waals surface area contributed by atoms with Crippen LogP contribution in [0.3, 0.4) is 0 Å². The third-order valence-electron chi connectivity index (χ3n) is 4.98. The highest BCUT2D eigenvalue weighted by molar-refractivity contribution is 7.89. The van der Waals surface area contributed by atoms with Gasteiger partial charge in [-0.1, -0.05) is 26.0 Å². The molecule has 0 spiro atoms. The van der Waals surface area contributed by atoms with Crippen molar-refractivity contribution in [1.29, 1.82) is 0 Å². The van der Waals surface area contributed by atoms with Crippen LogP contribution in [0.1, 0.15) is 37.4 Å².